The summed E-state index contributed by atoms with van der Waals surface area (Å²) in [6, 6.07) is 8.52. The molecule has 0 saturated heterocycles. The van der Waals surface area contributed by atoms with E-state index in [9.17, 15) is 4.79 Å². The average Bonchev–Trinajstić information content (AvgIpc) is 2.25. The molecule has 1 aromatic carbocycles. The Bertz CT molecular complexity index is 404. The van der Waals surface area contributed by atoms with Crippen molar-refractivity contribution in [3.63, 3.8) is 0 Å². The molecule has 0 heterocycles. The van der Waals surface area contributed by atoms with Crippen LogP contribution in [0.15, 0.2) is 35.3 Å². The molecule has 0 amide bonds. The van der Waals surface area contributed by atoms with Crippen LogP contribution >= 0.6 is 11.6 Å². The zero-order valence-corrected chi connectivity index (χ0v) is 9.84. The molecule has 1 aromatic rings. The summed E-state index contributed by atoms with van der Waals surface area (Å²) < 4.78 is 0. The molecule has 6 heteroatoms. The van der Waals surface area contributed by atoms with Crippen molar-refractivity contribution in [1.29, 1.82) is 0 Å². The highest BCUT2D eigenvalue weighted by Crippen LogP contribution is 2.27. The minimum Gasteiger partial charge on any atom is -0.481 e. The van der Waals surface area contributed by atoms with Crippen molar-refractivity contribution in [3.05, 3.63) is 35.9 Å². The predicted molar refractivity (Wildman–Crippen MR) is 66.9 cm³/mol. The molecule has 17 heavy (non-hydrogen) atoms. The second kappa shape index (κ2) is 6.10. The van der Waals surface area contributed by atoms with Crippen LogP contribution in [0, 0.1) is 0 Å². The molecule has 0 fully saturated rings. The molecule has 0 aliphatic rings. The lowest BCUT2D eigenvalue weighted by Gasteiger charge is -2.17. The number of nitrogens with two attached hydrogens (primary N) is 2. The Morgan fingerprint density at radius 1 is 1.35 bits per heavy atom. The van der Waals surface area contributed by atoms with Gasteiger partial charge in [0.2, 0.25) is 0 Å². The van der Waals surface area contributed by atoms with Crippen LogP contribution in [0.4, 0.5) is 0 Å². The number of benzene rings is 1. The number of nitrogens with zero attached hydrogens (tertiary/aromatic N) is 1. The molecule has 2 unspecified atom stereocenters. The Balaban J connectivity index is 2.96. The minimum atomic E-state index is -0.989. The van der Waals surface area contributed by atoms with Crippen LogP contribution in [0.3, 0.4) is 0 Å². The van der Waals surface area contributed by atoms with Gasteiger partial charge in [-0.2, -0.15) is 0 Å². The van der Waals surface area contributed by atoms with Crippen molar-refractivity contribution in [2.45, 2.75) is 17.8 Å². The molecule has 0 radical (unpaired) electrons. The third-order valence-electron chi connectivity index (χ3n) is 2.14. The van der Waals surface area contributed by atoms with Gasteiger partial charge in [-0.15, -0.1) is 11.6 Å². The van der Waals surface area contributed by atoms with E-state index in [0.29, 0.717) is 0 Å². The quantitative estimate of drug-likeness (QED) is 0.416. The number of aliphatic carboxylic acids is 1. The van der Waals surface area contributed by atoms with Gasteiger partial charge in [0.25, 0.3) is 0 Å². The second-order valence-electron chi connectivity index (χ2n) is 3.52. The van der Waals surface area contributed by atoms with Crippen LogP contribution in [0.5, 0.6) is 0 Å². The summed E-state index contributed by atoms with van der Waals surface area (Å²) in [5, 5.41) is 8.02. The molecule has 0 aliphatic carbocycles. The first-order valence-electron chi connectivity index (χ1n) is 5.00. The van der Waals surface area contributed by atoms with Crippen LogP contribution in [-0.2, 0) is 4.79 Å². The third-order valence-corrected chi connectivity index (χ3v) is 2.53. The van der Waals surface area contributed by atoms with Gasteiger partial charge in [0, 0.05) is 0 Å². The van der Waals surface area contributed by atoms with Gasteiger partial charge in [-0.05, 0) is 5.56 Å². The van der Waals surface area contributed by atoms with Crippen molar-refractivity contribution in [3.8, 4) is 0 Å². The van der Waals surface area contributed by atoms with E-state index in [1.54, 1.807) is 12.1 Å². The van der Waals surface area contributed by atoms with E-state index >= 15 is 0 Å². The number of halogens is 1. The fourth-order valence-electron chi connectivity index (χ4n) is 1.45. The standard InChI is InChI=1S/C11H14ClN3O2/c12-8(6-9(16)17)10(15-11(13)14)7-4-2-1-3-5-7/h1-5,8,10H,6H2,(H,16,17)(H4,13,14,15). The molecule has 1 rings (SSSR count). The number of rotatable bonds is 5. The largest absolute Gasteiger partial charge is 0.481 e. The Morgan fingerprint density at radius 2 is 1.94 bits per heavy atom. The number of hydrogen-bond donors (Lipinski definition) is 3. The van der Waals surface area contributed by atoms with Gasteiger partial charge in [-0.1, -0.05) is 30.3 Å². The van der Waals surface area contributed by atoms with Crippen molar-refractivity contribution in [2.75, 3.05) is 0 Å². The molecule has 5 nitrogen and oxygen atoms in total. The maximum absolute atomic E-state index is 10.6. The van der Waals surface area contributed by atoms with Gasteiger partial charge in [0.05, 0.1) is 17.8 Å². The summed E-state index contributed by atoms with van der Waals surface area (Å²) in [5.74, 6) is -1.10. The summed E-state index contributed by atoms with van der Waals surface area (Å²) in [6.45, 7) is 0. The van der Waals surface area contributed by atoms with Gasteiger partial charge in [-0.25, -0.2) is 4.99 Å². The van der Waals surface area contributed by atoms with Crippen molar-refractivity contribution < 1.29 is 9.90 Å². The number of aliphatic imine (C=N–C) groups is 1. The fraction of sp³-hybridized carbons (Fsp3) is 0.273. The van der Waals surface area contributed by atoms with Crippen LogP contribution in [-0.4, -0.2) is 22.4 Å². The summed E-state index contributed by atoms with van der Waals surface area (Å²) in [4.78, 5) is 14.6. The first kappa shape index (κ1) is 13.3. The van der Waals surface area contributed by atoms with Crippen molar-refractivity contribution in [1.82, 2.24) is 0 Å². The number of carboxylic acid groups (broad SMARTS) is 1. The van der Waals surface area contributed by atoms with Crippen molar-refractivity contribution in [2.24, 2.45) is 16.5 Å². The highest BCUT2D eigenvalue weighted by atomic mass is 35.5. The normalized spacial score (nSPS) is 13.7. The van der Waals surface area contributed by atoms with Crippen molar-refractivity contribution >= 4 is 23.5 Å². The molecular weight excluding hydrogens is 242 g/mol. The first-order chi connectivity index (χ1) is 8.00. The Hall–Kier alpha value is -1.75. The summed E-state index contributed by atoms with van der Waals surface area (Å²) in [7, 11) is 0. The van der Waals surface area contributed by atoms with Gasteiger partial charge < -0.3 is 16.6 Å². The topological polar surface area (TPSA) is 102 Å². The zero-order valence-electron chi connectivity index (χ0n) is 9.08. The number of alkyl halides is 1. The van der Waals surface area contributed by atoms with Gasteiger partial charge in [0.1, 0.15) is 0 Å². The van der Waals surface area contributed by atoms with Gasteiger partial charge >= 0.3 is 5.97 Å². The zero-order chi connectivity index (χ0) is 12.8. The highest BCUT2D eigenvalue weighted by Gasteiger charge is 2.23. The Morgan fingerprint density at radius 3 is 2.41 bits per heavy atom. The van der Waals surface area contributed by atoms with E-state index < -0.39 is 17.4 Å². The van der Waals surface area contributed by atoms with Gasteiger partial charge in [0.15, 0.2) is 5.96 Å². The van der Waals surface area contributed by atoms with Crippen LogP contribution in [0.2, 0.25) is 0 Å². The molecule has 0 aromatic heterocycles. The SMILES string of the molecule is NC(N)=NC(c1ccccc1)C(Cl)CC(=O)O. The molecule has 0 bridgehead atoms. The predicted octanol–water partition coefficient (Wildman–Crippen LogP) is 1.08. The molecule has 2 atom stereocenters. The second-order valence-corrected chi connectivity index (χ2v) is 4.08. The van der Waals surface area contributed by atoms with E-state index in [2.05, 4.69) is 4.99 Å². The van der Waals surface area contributed by atoms with Crippen LogP contribution in [0.1, 0.15) is 18.0 Å². The molecular formula is C11H14ClN3O2. The summed E-state index contributed by atoms with van der Waals surface area (Å²) >= 11 is 6.02. The monoisotopic (exact) mass is 255 g/mol. The summed E-state index contributed by atoms with van der Waals surface area (Å²) in [5.41, 5.74) is 11.4. The lowest BCUT2D eigenvalue weighted by molar-refractivity contribution is -0.137. The Kier molecular flexibility index (Phi) is 4.78. The maximum Gasteiger partial charge on any atom is 0.304 e. The average molecular weight is 256 g/mol. The lowest BCUT2D eigenvalue weighted by Crippen LogP contribution is -2.26. The number of carbonyl (C=O) groups is 1. The molecule has 92 valence electrons. The molecule has 0 saturated carbocycles. The number of guanidine groups is 1. The van der Waals surface area contributed by atoms with Crippen LogP contribution in [0.25, 0.3) is 0 Å². The molecule has 0 aliphatic heterocycles. The van der Waals surface area contributed by atoms with E-state index in [1.165, 1.54) is 0 Å². The maximum atomic E-state index is 10.6. The molecule has 0 spiro atoms. The van der Waals surface area contributed by atoms with Crippen LogP contribution < -0.4 is 11.5 Å². The minimum absolute atomic E-state index is 0.116. The van der Waals surface area contributed by atoms with E-state index in [1.807, 2.05) is 18.2 Å². The summed E-state index contributed by atoms with van der Waals surface area (Å²) in [6.07, 6.45) is -0.210. The third kappa shape index (κ3) is 4.32. The van der Waals surface area contributed by atoms with E-state index in [4.69, 9.17) is 28.2 Å². The highest BCUT2D eigenvalue weighted by molar-refractivity contribution is 6.22. The smallest absolute Gasteiger partial charge is 0.304 e. The van der Waals surface area contributed by atoms with E-state index in [-0.39, 0.29) is 12.4 Å². The number of hydrogen-bond acceptors (Lipinski definition) is 2. The first-order valence-corrected chi connectivity index (χ1v) is 5.44. The van der Waals surface area contributed by atoms with Gasteiger partial charge in [-0.3, -0.25) is 4.79 Å². The fourth-order valence-corrected chi connectivity index (χ4v) is 1.79. The lowest BCUT2D eigenvalue weighted by atomic mass is 10.0. The number of carboxylic acids is 1. The van der Waals surface area contributed by atoms with E-state index in [0.717, 1.165) is 5.56 Å². The Labute approximate surface area is 104 Å². The molecule has 5 N–H and O–H groups in total.